The van der Waals surface area contributed by atoms with Crippen molar-refractivity contribution in [3.8, 4) is 0 Å². The van der Waals surface area contributed by atoms with E-state index in [4.69, 9.17) is 0 Å². The molecule has 0 bridgehead atoms. The molecule has 1 atom stereocenters. The second kappa shape index (κ2) is 7.85. The van der Waals surface area contributed by atoms with E-state index in [0.29, 0.717) is 0 Å². The van der Waals surface area contributed by atoms with Crippen LogP contribution in [0.25, 0.3) is 0 Å². The fourth-order valence-corrected chi connectivity index (χ4v) is 2.27. The molecule has 0 radical (unpaired) electrons. The van der Waals surface area contributed by atoms with E-state index in [0.717, 1.165) is 24.9 Å². The largest absolute Gasteiger partial charge is 0.343 e. The molecule has 0 saturated heterocycles. The smallest absolute Gasteiger partial charge is 0.244 e. The van der Waals surface area contributed by atoms with Gasteiger partial charge in [0.25, 0.3) is 0 Å². The van der Waals surface area contributed by atoms with Crippen LogP contribution in [-0.2, 0) is 10.3 Å². The molecule has 0 aliphatic heterocycles. The summed E-state index contributed by atoms with van der Waals surface area (Å²) in [7, 11) is 3.96. The summed E-state index contributed by atoms with van der Waals surface area (Å²) in [5, 5.41) is 3.14. The van der Waals surface area contributed by atoms with Crippen molar-refractivity contribution in [1.29, 1.82) is 0 Å². The summed E-state index contributed by atoms with van der Waals surface area (Å²) in [6, 6.07) is 10.2. The monoisotopic (exact) mass is 274 g/mol. The number of carbonyl (C=O) groups is 1. The molecule has 20 heavy (non-hydrogen) atoms. The number of rotatable bonds is 7. The van der Waals surface area contributed by atoms with Gasteiger partial charge in [-0.1, -0.05) is 49.8 Å². The number of hydrogen-bond donors (Lipinski definition) is 1. The van der Waals surface area contributed by atoms with E-state index >= 15 is 0 Å². The van der Waals surface area contributed by atoms with Gasteiger partial charge < -0.3 is 10.2 Å². The summed E-state index contributed by atoms with van der Waals surface area (Å²) in [5.41, 5.74) is 0.839. The van der Waals surface area contributed by atoms with Crippen LogP contribution >= 0.6 is 0 Å². The van der Waals surface area contributed by atoms with E-state index in [-0.39, 0.29) is 11.4 Å². The van der Waals surface area contributed by atoms with Gasteiger partial charge in [0.05, 0.1) is 5.54 Å². The first kappa shape index (κ1) is 16.4. The van der Waals surface area contributed by atoms with Crippen LogP contribution in [-0.4, -0.2) is 31.4 Å². The zero-order valence-corrected chi connectivity index (χ0v) is 13.0. The lowest BCUT2D eigenvalue weighted by atomic mass is 9.87. The molecule has 110 valence electrons. The van der Waals surface area contributed by atoms with Crippen LogP contribution in [0.1, 0.15) is 32.3 Å². The molecule has 1 aromatic carbocycles. The highest BCUT2D eigenvalue weighted by atomic mass is 16.1. The molecule has 0 heterocycles. The molecule has 3 nitrogen and oxygen atoms in total. The number of hydrogen-bond acceptors (Lipinski definition) is 2. The van der Waals surface area contributed by atoms with Crippen molar-refractivity contribution in [3.05, 3.63) is 48.0 Å². The summed E-state index contributed by atoms with van der Waals surface area (Å²) >= 11 is 0. The minimum atomic E-state index is -0.310. The van der Waals surface area contributed by atoms with Crippen molar-refractivity contribution in [3.63, 3.8) is 0 Å². The Hall–Kier alpha value is -1.61. The van der Waals surface area contributed by atoms with Gasteiger partial charge in [-0.25, -0.2) is 0 Å². The van der Waals surface area contributed by atoms with Crippen LogP contribution in [0.5, 0.6) is 0 Å². The maximum absolute atomic E-state index is 12.1. The lowest BCUT2D eigenvalue weighted by Gasteiger charge is -2.31. The van der Waals surface area contributed by atoms with Gasteiger partial charge in [0.15, 0.2) is 0 Å². The van der Waals surface area contributed by atoms with E-state index in [1.165, 1.54) is 0 Å². The van der Waals surface area contributed by atoms with Crippen LogP contribution in [0.2, 0.25) is 0 Å². The lowest BCUT2D eigenvalue weighted by molar-refractivity contribution is -0.118. The Morgan fingerprint density at radius 2 is 1.95 bits per heavy atom. The highest BCUT2D eigenvalue weighted by molar-refractivity contribution is 5.88. The van der Waals surface area contributed by atoms with Gasteiger partial charge in [-0.3, -0.25) is 4.79 Å². The fourth-order valence-electron chi connectivity index (χ4n) is 2.27. The van der Waals surface area contributed by atoms with Crippen molar-refractivity contribution in [2.45, 2.75) is 32.2 Å². The normalized spacial score (nSPS) is 14.4. The number of benzene rings is 1. The Morgan fingerprint density at radius 1 is 1.30 bits per heavy atom. The molecule has 0 aromatic heterocycles. The van der Waals surface area contributed by atoms with Crippen LogP contribution in [0.3, 0.4) is 0 Å². The molecule has 1 rings (SSSR count). The molecular weight excluding hydrogens is 248 g/mol. The van der Waals surface area contributed by atoms with Crippen LogP contribution in [0, 0.1) is 0 Å². The molecule has 0 spiro atoms. The molecule has 0 saturated carbocycles. The first-order chi connectivity index (χ1) is 9.48. The van der Waals surface area contributed by atoms with Crippen molar-refractivity contribution >= 4 is 5.91 Å². The average Bonchev–Trinajstić information content (AvgIpc) is 2.39. The van der Waals surface area contributed by atoms with Gasteiger partial charge in [-0.05, 0) is 33.0 Å². The van der Waals surface area contributed by atoms with Gasteiger partial charge in [0.1, 0.15) is 0 Å². The Bertz CT molecular complexity index is 440. The third-order valence-corrected chi connectivity index (χ3v) is 3.30. The Kier molecular flexibility index (Phi) is 6.46. The first-order valence-corrected chi connectivity index (χ1v) is 7.17. The summed E-state index contributed by atoms with van der Waals surface area (Å²) in [5.74, 6) is -0.0355. The van der Waals surface area contributed by atoms with Crippen molar-refractivity contribution in [1.82, 2.24) is 10.2 Å². The van der Waals surface area contributed by atoms with E-state index in [1.54, 1.807) is 6.08 Å². The van der Waals surface area contributed by atoms with Crippen LogP contribution in [0.15, 0.2) is 42.5 Å². The van der Waals surface area contributed by atoms with E-state index in [1.807, 2.05) is 43.3 Å². The zero-order chi connectivity index (χ0) is 15.0. The van der Waals surface area contributed by atoms with Crippen LogP contribution < -0.4 is 5.32 Å². The molecule has 1 N–H and O–H groups in total. The standard InChI is InChI=1S/C17H26N2O/c1-5-13-17(2,15-10-7-6-8-11-15)18-16(20)12-9-14-19(3)4/h6-12H,5,13-14H2,1-4H3,(H,18,20)/b12-9+. The predicted molar refractivity (Wildman–Crippen MR) is 84.5 cm³/mol. The van der Waals surface area contributed by atoms with Crippen molar-refractivity contribution < 1.29 is 4.79 Å². The maximum atomic E-state index is 12.1. The second-order valence-corrected chi connectivity index (χ2v) is 5.60. The summed E-state index contributed by atoms with van der Waals surface area (Å²) in [6.07, 6.45) is 5.45. The summed E-state index contributed by atoms with van der Waals surface area (Å²) < 4.78 is 0. The lowest BCUT2D eigenvalue weighted by Crippen LogP contribution is -2.42. The Balaban J connectivity index is 2.77. The second-order valence-electron chi connectivity index (χ2n) is 5.60. The molecule has 0 aliphatic rings. The van der Waals surface area contributed by atoms with Crippen molar-refractivity contribution in [2.24, 2.45) is 0 Å². The van der Waals surface area contributed by atoms with E-state index in [9.17, 15) is 4.79 Å². The van der Waals surface area contributed by atoms with Gasteiger partial charge in [0, 0.05) is 12.6 Å². The van der Waals surface area contributed by atoms with Gasteiger partial charge in [-0.15, -0.1) is 0 Å². The topological polar surface area (TPSA) is 32.3 Å². The number of likely N-dealkylation sites (N-methyl/N-ethyl adjacent to an activating group) is 1. The minimum absolute atomic E-state index is 0.0355. The SMILES string of the molecule is CCCC(C)(NC(=O)/C=C/CN(C)C)c1ccccc1. The Labute approximate surface area is 122 Å². The number of amides is 1. The van der Waals surface area contributed by atoms with Gasteiger partial charge in [0.2, 0.25) is 5.91 Å². The van der Waals surface area contributed by atoms with Crippen molar-refractivity contribution in [2.75, 3.05) is 20.6 Å². The third-order valence-electron chi connectivity index (χ3n) is 3.30. The first-order valence-electron chi connectivity index (χ1n) is 7.17. The predicted octanol–water partition coefficient (Wildman–Crippen LogP) is 2.94. The molecule has 0 aliphatic carbocycles. The quantitative estimate of drug-likeness (QED) is 0.775. The van der Waals surface area contributed by atoms with Gasteiger partial charge in [-0.2, -0.15) is 0 Å². The third kappa shape index (κ3) is 5.17. The minimum Gasteiger partial charge on any atom is -0.343 e. The number of nitrogens with zero attached hydrogens (tertiary/aromatic N) is 1. The van der Waals surface area contributed by atoms with E-state index < -0.39 is 0 Å². The molecule has 1 amide bonds. The Morgan fingerprint density at radius 3 is 2.50 bits per heavy atom. The molecule has 1 aromatic rings. The average molecular weight is 274 g/mol. The van der Waals surface area contributed by atoms with Crippen LogP contribution in [0.4, 0.5) is 0 Å². The number of carbonyl (C=O) groups excluding carboxylic acids is 1. The zero-order valence-electron chi connectivity index (χ0n) is 13.0. The highest BCUT2D eigenvalue weighted by Crippen LogP contribution is 2.25. The molecule has 1 unspecified atom stereocenters. The van der Waals surface area contributed by atoms with Gasteiger partial charge >= 0.3 is 0 Å². The summed E-state index contributed by atoms with van der Waals surface area (Å²) in [6.45, 7) is 4.99. The van der Waals surface area contributed by atoms with E-state index in [2.05, 4.69) is 31.3 Å². The number of nitrogens with one attached hydrogen (secondary N) is 1. The summed E-state index contributed by atoms with van der Waals surface area (Å²) in [4.78, 5) is 14.1. The highest BCUT2D eigenvalue weighted by Gasteiger charge is 2.26. The maximum Gasteiger partial charge on any atom is 0.244 e. The fraction of sp³-hybridized carbons (Fsp3) is 0.471. The molecule has 3 heteroatoms. The molecule has 0 fully saturated rings. The molecular formula is C17H26N2O.